The van der Waals surface area contributed by atoms with Gasteiger partial charge in [0.15, 0.2) is 6.10 Å². The maximum absolute atomic E-state index is 13.1. The summed E-state index contributed by atoms with van der Waals surface area (Å²) in [7, 11) is 5.18. The van der Waals surface area contributed by atoms with E-state index in [0.29, 0.717) is 30.7 Å². The number of hydrogen-bond acceptors (Lipinski definition) is 5. The van der Waals surface area contributed by atoms with Crippen molar-refractivity contribution in [3.8, 4) is 0 Å². The maximum atomic E-state index is 13.1. The van der Waals surface area contributed by atoms with E-state index in [2.05, 4.69) is 0 Å². The fraction of sp³-hybridized carbons (Fsp3) is 0.500. The van der Waals surface area contributed by atoms with Crippen LogP contribution in [0, 0.1) is 5.21 Å². The second-order valence-electron chi connectivity index (χ2n) is 7.97. The SMILES string of the molecule is Cn1cccc1C(=O)O[C@@H]1C[C@@H]2C[C@@H](OC(=O)c3cccn3C)[C@H](C1)[N+]2(C)[O-]. The van der Waals surface area contributed by atoms with Crippen LogP contribution in [0.4, 0.5) is 0 Å². The summed E-state index contributed by atoms with van der Waals surface area (Å²) in [6.07, 6.45) is 4.08. The second-order valence-corrected chi connectivity index (χ2v) is 7.97. The average molecular weight is 387 g/mol. The summed E-state index contributed by atoms with van der Waals surface area (Å²) in [5.74, 6) is -0.821. The first-order valence-corrected chi connectivity index (χ1v) is 9.49. The standard InChI is InChI=1S/C20H25N3O5/c1-21-8-4-6-15(21)19(24)27-14-10-13-11-18(17(12-14)23(13,3)26)28-20(25)16-7-5-9-22(16)2/h4-9,13-14,17-18H,10-12H2,1-3H3/t13-,14-,17+,18-,23?/m1/s1. The van der Waals surface area contributed by atoms with E-state index in [9.17, 15) is 14.8 Å². The van der Waals surface area contributed by atoms with E-state index >= 15 is 0 Å². The van der Waals surface area contributed by atoms with E-state index in [1.807, 2.05) is 0 Å². The molecular weight excluding hydrogens is 362 g/mol. The van der Waals surface area contributed by atoms with E-state index in [-0.39, 0.29) is 12.1 Å². The number of piperidine rings is 1. The van der Waals surface area contributed by atoms with Crippen molar-refractivity contribution >= 4 is 11.9 Å². The van der Waals surface area contributed by atoms with Gasteiger partial charge in [-0.1, -0.05) is 0 Å². The molecule has 5 atom stereocenters. The predicted molar refractivity (Wildman–Crippen MR) is 100 cm³/mol. The number of nitrogens with zero attached hydrogens (tertiary/aromatic N) is 3. The Labute approximate surface area is 163 Å². The van der Waals surface area contributed by atoms with Crippen molar-refractivity contribution in [1.82, 2.24) is 9.13 Å². The first kappa shape index (κ1) is 18.8. The van der Waals surface area contributed by atoms with Crippen LogP contribution < -0.4 is 0 Å². The summed E-state index contributed by atoms with van der Waals surface area (Å²) in [4.78, 5) is 24.9. The summed E-state index contributed by atoms with van der Waals surface area (Å²) >= 11 is 0. The van der Waals surface area contributed by atoms with Crippen molar-refractivity contribution < 1.29 is 23.7 Å². The van der Waals surface area contributed by atoms with Gasteiger partial charge in [-0.2, -0.15) is 0 Å². The van der Waals surface area contributed by atoms with Crippen LogP contribution in [0.25, 0.3) is 0 Å². The van der Waals surface area contributed by atoms with Crippen molar-refractivity contribution in [2.75, 3.05) is 7.05 Å². The topological polar surface area (TPSA) is 85.5 Å². The smallest absolute Gasteiger partial charge is 0.355 e. The molecule has 2 fully saturated rings. The van der Waals surface area contributed by atoms with Crippen LogP contribution in [0.5, 0.6) is 0 Å². The number of aromatic nitrogens is 2. The minimum Gasteiger partial charge on any atom is -0.632 e. The zero-order valence-corrected chi connectivity index (χ0v) is 16.3. The molecule has 0 amide bonds. The molecule has 8 heteroatoms. The van der Waals surface area contributed by atoms with Gasteiger partial charge in [0.25, 0.3) is 0 Å². The first-order chi connectivity index (χ1) is 13.3. The molecule has 1 unspecified atom stereocenters. The summed E-state index contributed by atoms with van der Waals surface area (Å²) < 4.78 is 14.3. The monoisotopic (exact) mass is 387 g/mol. The highest BCUT2D eigenvalue weighted by Gasteiger charge is 2.55. The van der Waals surface area contributed by atoms with Gasteiger partial charge in [0.1, 0.15) is 23.5 Å². The van der Waals surface area contributed by atoms with E-state index < -0.39 is 28.7 Å². The Kier molecular flexibility index (Phi) is 4.55. The molecule has 2 aromatic rings. The van der Waals surface area contributed by atoms with Crippen LogP contribution in [-0.4, -0.2) is 57.1 Å². The number of carbonyl (C=O) groups excluding carboxylic acids is 2. The van der Waals surface area contributed by atoms with Crippen LogP contribution >= 0.6 is 0 Å². The Morgan fingerprint density at radius 1 is 1.00 bits per heavy atom. The van der Waals surface area contributed by atoms with E-state index in [4.69, 9.17) is 9.47 Å². The third kappa shape index (κ3) is 3.12. The van der Waals surface area contributed by atoms with Crippen molar-refractivity contribution in [3.63, 3.8) is 0 Å². The van der Waals surface area contributed by atoms with E-state index in [0.717, 1.165) is 0 Å². The Morgan fingerprint density at radius 3 is 2.11 bits per heavy atom. The lowest BCUT2D eigenvalue weighted by atomic mass is 9.99. The number of quaternary nitrogens is 1. The number of carbonyl (C=O) groups is 2. The molecule has 4 heterocycles. The highest BCUT2D eigenvalue weighted by atomic mass is 16.6. The number of rotatable bonds is 4. The van der Waals surface area contributed by atoms with Gasteiger partial charge in [-0.3, -0.25) is 0 Å². The highest BCUT2D eigenvalue weighted by molar-refractivity contribution is 5.88. The molecule has 8 nitrogen and oxygen atoms in total. The number of hydrogen-bond donors (Lipinski definition) is 0. The Hall–Kier alpha value is -2.58. The number of esters is 2. The minimum atomic E-state index is -0.478. The molecule has 2 bridgehead atoms. The summed E-state index contributed by atoms with van der Waals surface area (Å²) in [5.41, 5.74) is 0.928. The number of ether oxygens (including phenoxy) is 2. The fourth-order valence-electron chi connectivity index (χ4n) is 4.55. The lowest BCUT2D eigenvalue weighted by molar-refractivity contribution is -0.905. The molecule has 4 rings (SSSR count). The van der Waals surface area contributed by atoms with Crippen LogP contribution in [0.2, 0.25) is 0 Å². The number of fused-ring (bicyclic) bond motifs is 2. The van der Waals surface area contributed by atoms with E-state index in [1.54, 1.807) is 66.9 Å². The van der Waals surface area contributed by atoms with Gasteiger partial charge in [0, 0.05) is 45.8 Å². The molecular formula is C20H25N3O5. The number of likely N-dealkylation sites (N-methyl/N-ethyl adjacent to an activating group) is 1. The van der Waals surface area contributed by atoms with Crippen molar-refractivity contribution in [2.24, 2.45) is 14.1 Å². The van der Waals surface area contributed by atoms with Gasteiger partial charge in [0.05, 0.1) is 13.1 Å². The molecule has 0 saturated carbocycles. The first-order valence-electron chi connectivity index (χ1n) is 9.49. The van der Waals surface area contributed by atoms with Gasteiger partial charge in [-0.05, 0) is 24.3 Å². The molecule has 2 saturated heterocycles. The van der Waals surface area contributed by atoms with Gasteiger partial charge >= 0.3 is 11.9 Å². The van der Waals surface area contributed by atoms with Gasteiger partial charge in [-0.25, -0.2) is 9.59 Å². The van der Waals surface area contributed by atoms with Crippen LogP contribution in [0.15, 0.2) is 36.7 Å². The molecule has 0 N–H and O–H groups in total. The molecule has 0 aliphatic carbocycles. The summed E-state index contributed by atoms with van der Waals surface area (Å²) in [6.45, 7) is 0. The Balaban J connectivity index is 1.46. The maximum Gasteiger partial charge on any atom is 0.355 e. The van der Waals surface area contributed by atoms with E-state index in [1.165, 1.54) is 0 Å². The Bertz CT molecular complexity index is 897. The van der Waals surface area contributed by atoms with Crippen molar-refractivity contribution in [1.29, 1.82) is 0 Å². The van der Waals surface area contributed by atoms with Gasteiger partial charge in [0.2, 0.25) is 0 Å². The summed E-state index contributed by atoms with van der Waals surface area (Å²) in [5, 5.41) is 13.1. The normalized spacial score (nSPS) is 31.6. The zero-order chi connectivity index (χ0) is 20.1. The second kappa shape index (κ2) is 6.79. The minimum absolute atomic E-state index is 0.254. The third-order valence-corrected chi connectivity index (χ3v) is 6.19. The summed E-state index contributed by atoms with van der Waals surface area (Å²) in [6, 6.07) is 6.27. The lowest BCUT2D eigenvalue weighted by Crippen LogP contribution is -2.56. The molecule has 0 radical (unpaired) electrons. The highest BCUT2D eigenvalue weighted by Crippen LogP contribution is 2.43. The Morgan fingerprint density at radius 2 is 1.57 bits per heavy atom. The average Bonchev–Trinajstić information content (AvgIpc) is 3.26. The number of aryl methyl sites for hydroxylation is 2. The van der Waals surface area contributed by atoms with Crippen molar-refractivity contribution in [2.45, 2.75) is 43.6 Å². The van der Waals surface area contributed by atoms with Gasteiger partial charge in [-0.15, -0.1) is 0 Å². The fourth-order valence-corrected chi connectivity index (χ4v) is 4.55. The van der Waals surface area contributed by atoms with Crippen LogP contribution in [0.3, 0.4) is 0 Å². The number of hydroxylamine groups is 3. The molecule has 0 spiro atoms. The zero-order valence-electron chi connectivity index (χ0n) is 16.3. The van der Waals surface area contributed by atoms with Crippen LogP contribution in [0.1, 0.15) is 40.2 Å². The predicted octanol–water partition coefficient (Wildman–Crippen LogP) is 1.99. The molecule has 2 aliphatic heterocycles. The molecule has 150 valence electrons. The molecule has 2 aliphatic rings. The third-order valence-electron chi connectivity index (χ3n) is 6.19. The van der Waals surface area contributed by atoms with Crippen LogP contribution in [-0.2, 0) is 23.6 Å². The van der Waals surface area contributed by atoms with Crippen molar-refractivity contribution in [3.05, 3.63) is 53.3 Å². The molecule has 28 heavy (non-hydrogen) atoms. The largest absolute Gasteiger partial charge is 0.632 e. The van der Waals surface area contributed by atoms with Gasteiger partial charge < -0.3 is 28.5 Å². The lowest BCUT2D eigenvalue weighted by Gasteiger charge is -2.50. The molecule has 2 aromatic heterocycles. The quantitative estimate of drug-likeness (QED) is 0.455. The molecule has 0 aromatic carbocycles.